The summed E-state index contributed by atoms with van der Waals surface area (Å²) in [6.45, 7) is 5.48. The fourth-order valence-electron chi connectivity index (χ4n) is 18.9. The van der Waals surface area contributed by atoms with Gasteiger partial charge < -0.3 is 0 Å². The molecule has 0 spiro atoms. The third-order valence-electron chi connectivity index (χ3n) is 21.1. The molecular weight excluding hydrogens is 589 g/mol. The predicted octanol–water partition coefficient (Wildman–Crippen LogP) is 14.2. The topological polar surface area (TPSA) is 0 Å². The zero-order valence-corrected chi connectivity index (χ0v) is 32.7. The maximum absolute atomic E-state index is 2.74. The van der Waals surface area contributed by atoms with E-state index in [1.54, 1.807) is 173 Å². The van der Waals surface area contributed by atoms with Crippen molar-refractivity contribution in [2.45, 2.75) is 194 Å². The van der Waals surface area contributed by atoms with Crippen LogP contribution >= 0.6 is 0 Å². The zero-order chi connectivity index (χ0) is 32.7. The van der Waals surface area contributed by atoms with E-state index in [0.717, 1.165) is 107 Å². The molecule has 0 heterocycles. The molecule has 10 rings (SSSR count). The van der Waals surface area contributed by atoms with Crippen LogP contribution in [0.25, 0.3) is 0 Å². The van der Waals surface area contributed by atoms with Crippen molar-refractivity contribution in [1.82, 2.24) is 0 Å². The summed E-state index contributed by atoms with van der Waals surface area (Å²) in [4.78, 5) is 0. The lowest BCUT2D eigenvalue weighted by Gasteiger charge is -2.55. The van der Waals surface area contributed by atoms with Gasteiger partial charge >= 0.3 is 0 Å². The molecule has 0 aromatic carbocycles. The maximum atomic E-state index is 2.74. The minimum Gasteiger partial charge on any atom is -0.0594 e. The van der Waals surface area contributed by atoms with E-state index in [-0.39, 0.29) is 0 Å². The Morgan fingerprint density at radius 3 is 1.31 bits per heavy atom. The molecule has 18 atom stereocenters. The minimum absolute atomic E-state index is 0.631. The number of hydrogen-bond acceptors (Lipinski definition) is 0. The average molecular weight is 669 g/mol. The van der Waals surface area contributed by atoms with Gasteiger partial charge in [0.05, 0.1) is 0 Å². The van der Waals surface area contributed by atoms with Gasteiger partial charge in [0.1, 0.15) is 0 Å². The van der Waals surface area contributed by atoms with Crippen LogP contribution in [-0.4, -0.2) is 0 Å². The van der Waals surface area contributed by atoms with Crippen LogP contribution in [0, 0.1) is 112 Å². The predicted molar refractivity (Wildman–Crippen MR) is 206 cm³/mol. The lowest BCUT2D eigenvalue weighted by Crippen LogP contribution is -2.47. The zero-order valence-electron chi connectivity index (χ0n) is 32.7. The third-order valence-corrected chi connectivity index (χ3v) is 21.1. The van der Waals surface area contributed by atoms with Crippen LogP contribution in [0.15, 0.2) is 0 Å². The highest BCUT2D eigenvalue weighted by Gasteiger charge is 2.57. The first kappa shape index (κ1) is 33.6. The smallest absolute Gasteiger partial charge is 0.0292 e. The van der Waals surface area contributed by atoms with E-state index in [2.05, 4.69) is 13.8 Å². The van der Waals surface area contributed by atoms with Crippen molar-refractivity contribution in [1.29, 1.82) is 0 Å². The molecule has 18 unspecified atom stereocenters. The van der Waals surface area contributed by atoms with Gasteiger partial charge in [-0.15, -0.1) is 0 Å². The van der Waals surface area contributed by atoms with Crippen LogP contribution in [-0.2, 0) is 0 Å². The minimum atomic E-state index is 0.631. The highest BCUT2D eigenvalue weighted by molar-refractivity contribution is 5.06. The van der Waals surface area contributed by atoms with Gasteiger partial charge in [-0.1, -0.05) is 58.8 Å². The van der Waals surface area contributed by atoms with E-state index in [1.165, 1.54) is 6.42 Å². The molecule has 0 amide bonds. The Morgan fingerprint density at radius 1 is 0.245 bits per heavy atom. The Morgan fingerprint density at radius 2 is 0.653 bits per heavy atom. The quantitative estimate of drug-likeness (QED) is 0.281. The van der Waals surface area contributed by atoms with Gasteiger partial charge in [0.2, 0.25) is 0 Å². The molecule has 0 saturated heterocycles. The Labute approximate surface area is 304 Å². The summed E-state index contributed by atoms with van der Waals surface area (Å²) >= 11 is 0. The summed E-state index contributed by atoms with van der Waals surface area (Å²) in [6.07, 6.45) is 45.1. The number of hydrogen-bond donors (Lipinski definition) is 0. The summed E-state index contributed by atoms with van der Waals surface area (Å²) in [5.41, 5.74) is 0.631. The van der Waals surface area contributed by atoms with E-state index in [4.69, 9.17) is 0 Å². The lowest BCUT2D eigenvalue weighted by atomic mass is 9.50. The van der Waals surface area contributed by atoms with Crippen molar-refractivity contribution < 1.29 is 0 Å². The molecule has 10 saturated carbocycles. The largest absolute Gasteiger partial charge is 0.0594 e. The van der Waals surface area contributed by atoms with Crippen LogP contribution < -0.4 is 0 Å². The van der Waals surface area contributed by atoms with Crippen molar-refractivity contribution in [2.24, 2.45) is 112 Å². The summed E-state index contributed by atoms with van der Waals surface area (Å²) in [5.74, 6) is 20.0. The van der Waals surface area contributed by atoms with Crippen LogP contribution in [0.2, 0.25) is 0 Å². The van der Waals surface area contributed by atoms with Crippen LogP contribution in [0.4, 0.5) is 0 Å². The number of fused-ring (bicyclic) bond motifs is 8. The van der Waals surface area contributed by atoms with Crippen LogP contribution in [0.5, 0.6) is 0 Å². The van der Waals surface area contributed by atoms with E-state index in [1.807, 2.05) is 0 Å². The molecular formula is C49H80. The Kier molecular flexibility index (Phi) is 9.38. The second-order valence-electron chi connectivity index (χ2n) is 22.8. The molecule has 10 aliphatic rings. The molecule has 276 valence electrons. The van der Waals surface area contributed by atoms with Gasteiger partial charge in [0, 0.05) is 0 Å². The normalized spacial score (nSPS) is 55.5. The van der Waals surface area contributed by atoms with E-state index in [0.29, 0.717) is 5.41 Å². The molecule has 49 heavy (non-hydrogen) atoms. The molecule has 0 nitrogen and oxygen atoms in total. The molecule has 10 aliphatic carbocycles. The molecule has 0 aliphatic heterocycles. The van der Waals surface area contributed by atoms with Gasteiger partial charge in [-0.2, -0.15) is 0 Å². The van der Waals surface area contributed by atoms with Crippen molar-refractivity contribution in [2.75, 3.05) is 0 Å². The lowest BCUT2D eigenvalue weighted by molar-refractivity contribution is -0.0573. The van der Waals surface area contributed by atoms with Crippen molar-refractivity contribution in [3.63, 3.8) is 0 Å². The second kappa shape index (κ2) is 13.7. The molecule has 0 heteroatoms. The summed E-state index contributed by atoms with van der Waals surface area (Å²) in [6, 6.07) is 0. The highest BCUT2D eigenvalue weighted by atomic mass is 14.6. The molecule has 0 radical (unpaired) electrons. The van der Waals surface area contributed by atoms with Gasteiger partial charge in [-0.25, -0.2) is 0 Å². The first-order chi connectivity index (χ1) is 24.0. The first-order valence-electron chi connectivity index (χ1n) is 24.0. The highest BCUT2D eigenvalue weighted by Crippen LogP contribution is 2.65. The van der Waals surface area contributed by atoms with Crippen LogP contribution in [0.3, 0.4) is 0 Å². The Balaban J connectivity index is 0.769. The molecule has 0 bridgehead atoms. The average Bonchev–Trinajstić information content (AvgIpc) is 3.39. The van der Waals surface area contributed by atoms with E-state index >= 15 is 0 Å². The standard InChI is InChI=1S/C49H80/c1-49(2)47-14-8-7-13-44(47)45-24-23-36(30-48(45)49)35-21-17-31-15-19-33(25-39(31)27-35)34-20-16-32-18-22-38(28-40(32)26-34)46-29-37-9-3-4-10-41(37)42-11-5-6-12-43(42)46/h31-48H,3-30H2,1-2H3. The van der Waals surface area contributed by atoms with E-state index < -0.39 is 0 Å². The van der Waals surface area contributed by atoms with Crippen molar-refractivity contribution in [3.8, 4) is 0 Å². The molecule has 10 fully saturated rings. The van der Waals surface area contributed by atoms with Crippen LogP contribution in [0.1, 0.15) is 194 Å². The molecule has 0 N–H and O–H groups in total. The van der Waals surface area contributed by atoms with Gasteiger partial charge in [-0.3, -0.25) is 0 Å². The Hall–Kier alpha value is 0. The fourth-order valence-corrected chi connectivity index (χ4v) is 18.9. The van der Waals surface area contributed by atoms with Gasteiger partial charge in [0.25, 0.3) is 0 Å². The SMILES string of the molecule is CC1(C)C2CCCCC2C2CCC(C3CCC4CCC(C5CCC6CCC(C7CC8CCCCC8C8CCCCC78)CC6C5)CC4C3)CC21. The van der Waals surface area contributed by atoms with E-state index in [9.17, 15) is 0 Å². The fraction of sp³-hybridized carbons (Fsp3) is 1.00. The molecule has 0 aromatic rings. The maximum Gasteiger partial charge on any atom is -0.0292 e. The van der Waals surface area contributed by atoms with Crippen molar-refractivity contribution >= 4 is 0 Å². The summed E-state index contributed by atoms with van der Waals surface area (Å²) in [5, 5.41) is 0. The summed E-state index contributed by atoms with van der Waals surface area (Å²) in [7, 11) is 0. The molecule has 0 aromatic heterocycles. The Bertz CT molecular complexity index is 1130. The van der Waals surface area contributed by atoms with Crippen molar-refractivity contribution in [3.05, 3.63) is 0 Å². The number of rotatable bonds is 3. The second-order valence-corrected chi connectivity index (χ2v) is 22.8. The first-order valence-corrected chi connectivity index (χ1v) is 24.0. The van der Waals surface area contributed by atoms with Gasteiger partial charge in [-0.05, 0) is 247 Å². The third kappa shape index (κ3) is 6.01. The van der Waals surface area contributed by atoms with Gasteiger partial charge in [0.15, 0.2) is 0 Å². The monoisotopic (exact) mass is 669 g/mol. The summed E-state index contributed by atoms with van der Waals surface area (Å²) < 4.78 is 0.